The first-order valence-corrected chi connectivity index (χ1v) is 7.55. The molecule has 20 heavy (non-hydrogen) atoms. The third-order valence-electron chi connectivity index (χ3n) is 4.47. The van der Waals surface area contributed by atoms with Crippen LogP contribution >= 0.6 is 0 Å². The lowest BCUT2D eigenvalue weighted by atomic mass is 9.95. The molecular weight excluding hydrogens is 252 g/mol. The molecule has 112 valence electrons. The van der Waals surface area contributed by atoms with Gasteiger partial charge in [-0.3, -0.25) is 4.79 Å². The summed E-state index contributed by atoms with van der Waals surface area (Å²) in [6.07, 6.45) is 7.07. The van der Waals surface area contributed by atoms with Gasteiger partial charge in [-0.1, -0.05) is 19.3 Å². The van der Waals surface area contributed by atoms with Crippen molar-refractivity contribution in [2.45, 2.75) is 64.5 Å². The predicted molar refractivity (Wildman–Crippen MR) is 79.7 cm³/mol. The minimum atomic E-state index is -0.569. The molecule has 4 nitrogen and oxygen atoms in total. The molecule has 2 N–H and O–H groups in total. The Labute approximate surface area is 121 Å². The number of ether oxygens (including phenoxy) is 1. The number of hydrogen-bond donors (Lipinski definition) is 1. The van der Waals surface area contributed by atoms with Gasteiger partial charge in [0.25, 0.3) is 0 Å². The van der Waals surface area contributed by atoms with Crippen LogP contribution in [0.25, 0.3) is 0 Å². The Balaban J connectivity index is 2.17. The Morgan fingerprint density at radius 2 is 2.05 bits per heavy atom. The first kappa shape index (κ1) is 15.1. The number of hydrogen-bond acceptors (Lipinski definition) is 3. The maximum atomic E-state index is 11.5. The fraction of sp³-hybridized carbons (Fsp3) is 0.688. The molecule has 1 fully saturated rings. The third-order valence-corrected chi connectivity index (χ3v) is 4.47. The van der Waals surface area contributed by atoms with E-state index in [2.05, 4.69) is 24.5 Å². The summed E-state index contributed by atoms with van der Waals surface area (Å²) in [5, 5.41) is 0. The Morgan fingerprint density at radius 1 is 1.40 bits per heavy atom. The van der Waals surface area contributed by atoms with Gasteiger partial charge >= 0.3 is 5.97 Å². The molecule has 0 aromatic carbocycles. The molecule has 1 atom stereocenters. The zero-order valence-electron chi connectivity index (χ0n) is 12.8. The summed E-state index contributed by atoms with van der Waals surface area (Å²) in [6, 6.07) is 2.22. The van der Waals surface area contributed by atoms with Crippen molar-refractivity contribution < 1.29 is 9.53 Å². The molecule has 0 saturated heterocycles. The second-order valence-electron chi connectivity index (χ2n) is 5.89. The van der Waals surface area contributed by atoms with E-state index in [1.54, 1.807) is 0 Å². The van der Waals surface area contributed by atoms with Gasteiger partial charge in [0.15, 0.2) is 0 Å². The Morgan fingerprint density at radius 3 is 2.65 bits per heavy atom. The summed E-state index contributed by atoms with van der Waals surface area (Å²) in [5.41, 5.74) is 9.59. The molecule has 1 heterocycles. The van der Waals surface area contributed by atoms with Crippen molar-refractivity contribution >= 4 is 5.97 Å². The largest absolute Gasteiger partial charge is 0.468 e. The Kier molecular flexibility index (Phi) is 4.86. The van der Waals surface area contributed by atoms with E-state index in [-0.39, 0.29) is 5.97 Å². The van der Waals surface area contributed by atoms with Gasteiger partial charge < -0.3 is 15.0 Å². The van der Waals surface area contributed by atoms with Crippen molar-refractivity contribution in [2.75, 3.05) is 7.11 Å². The van der Waals surface area contributed by atoms with Gasteiger partial charge in [-0.15, -0.1) is 0 Å². The molecule has 1 aliphatic carbocycles. The van der Waals surface area contributed by atoms with Crippen LogP contribution in [0.5, 0.6) is 0 Å². The topological polar surface area (TPSA) is 57.2 Å². The number of carbonyl (C=O) groups excluding carboxylic acids is 1. The van der Waals surface area contributed by atoms with Crippen molar-refractivity contribution in [1.82, 2.24) is 4.57 Å². The molecule has 0 spiro atoms. The molecule has 1 saturated carbocycles. The average molecular weight is 278 g/mol. The molecule has 2 rings (SSSR count). The summed E-state index contributed by atoms with van der Waals surface area (Å²) < 4.78 is 7.15. The number of aromatic nitrogens is 1. The van der Waals surface area contributed by atoms with Crippen molar-refractivity contribution in [3.05, 3.63) is 23.0 Å². The normalized spacial score (nSPS) is 18.0. The second-order valence-corrected chi connectivity index (χ2v) is 5.89. The molecule has 1 aromatic rings. The highest BCUT2D eigenvalue weighted by Crippen LogP contribution is 2.32. The Hall–Kier alpha value is -1.29. The number of aryl methyl sites for hydroxylation is 1. The molecular formula is C16H26N2O2. The fourth-order valence-electron chi connectivity index (χ4n) is 3.42. The smallest absolute Gasteiger partial charge is 0.322 e. The molecule has 0 aliphatic heterocycles. The number of nitrogens with two attached hydrogens (primary N) is 1. The third kappa shape index (κ3) is 3.06. The summed E-state index contributed by atoms with van der Waals surface area (Å²) in [4.78, 5) is 11.5. The fourth-order valence-corrected chi connectivity index (χ4v) is 3.42. The number of rotatable bonds is 4. The van der Waals surface area contributed by atoms with E-state index in [1.165, 1.54) is 56.2 Å². The van der Waals surface area contributed by atoms with Crippen molar-refractivity contribution in [3.8, 4) is 0 Å². The van der Waals surface area contributed by atoms with Crippen molar-refractivity contribution in [2.24, 2.45) is 5.73 Å². The monoisotopic (exact) mass is 278 g/mol. The van der Waals surface area contributed by atoms with E-state index in [1.807, 2.05) is 0 Å². The van der Waals surface area contributed by atoms with Gasteiger partial charge in [-0.2, -0.15) is 0 Å². The summed E-state index contributed by atoms with van der Waals surface area (Å²) in [6.45, 7) is 4.29. The van der Waals surface area contributed by atoms with E-state index >= 15 is 0 Å². The highest BCUT2D eigenvalue weighted by Gasteiger charge is 2.22. The average Bonchev–Trinajstić information content (AvgIpc) is 2.73. The van der Waals surface area contributed by atoms with E-state index < -0.39 is 6.04 Å². The van der Waals surface area contributed by atoms with E-state index in [4.69, 9.17) is 10.5 Å². The number of methoxy groups -OCH3 is 1. The van der Waals surface area contributed by atoms with Gasteiger partial charge in [0.2, 0.25) is 0 Å². The zero-order chi connectivity index (χ0) is 14.7. The zero-order valence-corrected chi connectivity index (χ0v) is 12.8. The van der Waals surface area contributed by atoms with Crippen LogP contribution in [0.1, 0.15) is 55.1 Å². The Bertz CT molecular complexity index is 473. The number of nitrogens with zero attached hydrogens (tertiary/aromatic N) is 1. The lowest BCUT2D eigenvalue weighted by molar-refractivity contribution is -0.142. The van der Waals surface area contributed by atoms with Crippen LogP contribution in [0, 0.1) is 13.8 Å². The maximum absolute atomic E-state index is 11.5. The van der Waals surface area contributed by atoms with E-state index in [0.29, 0.717) is 12.5 Å². The quantitative estimate of drug-likeness (QED) is 0.861. The number of esters is 1. The first-order chi connectivity index (χ1) is 9.54. The van der Waals surface area contributed by atoms with Crippen LogP contribution in [-0.4, -0.2) is 23.7 Å². The standard InChI is InChI=1S/C16H26N2O2/c1-11-9-13(10-15(17)16(19)20-3)12(2)18(11)14-7-5-4-6-8-14/h9,14-15H,4-8,10,17H2,1-3H3. The highest BCUT2D eigenvalue weighted by atomic mass is 16.5. The summed E-state index contributed by atoms with van der Waals surface area (Å²) in [5.74, 6) is -0.340. The predicted octanol–water partition coefficient (Wildman–Crippen LogP) is 2.65. The minimum absolute atomic E-state index is 0.340. The molecule has 4 heteroatoms. The first-order valence-electron chi connectivity index (χ1n) is 7.55. The van der Waals surface area contributed by atoms with Crippen LogP contribution < -0.4 is 5.73 Å². The molecule has 1 unspecified atom stereocenters. The van der Waals surface area contributed by atoms with Crippen LogP contribution in [-0.2, 0) is 16.0 Å². The van der Waals surface area contributed by atoms with Crippen molar-refractivity contribution in [3.63, 3.8) is 0 Å². The minimum Gasteiger partial charge on any atom is -0.468 e. The molecule has 0 amide bonds. The summed E-state index contributed by atoms with van der Waals surface area (Å²) in [7, 11) is 1.38. The second kappa shape index (κ2) is 6.44. The van der Waals surface area contributed by atoms with E-state index in [0.717, 1.165) is 0 Å². The van der Waals surface area contributed by atoms with Gasteiger partial charge in [0, 0.05) is 17.4 Å². The SMILES string of the molecule is COC(=O)C(N)Cc1cc(C)n(C2CCCCC2)c1C. The lowest BCUT2D eigenvalue weighted by Gasteiger charge is -2.26. The van der Waals surface area contributed by atoms with Crippen LogP contribution in [0.15, 0.2) is 6.07 Å². The molecule has 1 aliphatic rings. The highest BCUT2D eigenvalue weighted by molar-refractivity contribution is 5.75. The van der Waals surface area contributed by atoms with Gasteiger partial charge in [0.05, 0.1) is 7.11 Å². The summed E-state index contributed by atoms with van der Waals surface area (Å²) >= 11 is 0. The molecule has 1 aromatic heterocycles. The maximum Gasteiger partial charge on any atom is 0.322 e. The lowest BCUT2D eigenvalue weighted by Crippen LogP contribution is -2.33. The number of carbonyl (C=O) groups is 1. The molecule has 0 radical (unpaired) electrons. The van der Waals surface area contributed by atoms with E-state index in [9.17, 15) is 4.79 Å². The van der Waals surface area contributed by atoms with Crippen LogP contribution in [0.2, 0.25) is 0 Å². The van der Waals surface area contributed by atoms with Gasteiger partial charge in [-0.25, -0.2) is 0 Å². The van der Waals surface area contributed by atoms with Crippen LogP contribution in [0.4, 0.5) is 0 Å². The van der Waals surface area contributed by atoms with Gasteiger partial charge in [0.1, 0.15) is 6.04 Å². The molecule has 0 bridgehead atoms. The van der Waals surface area contributed by atoms with Crippen molar-refractivity contribution in [1.29, 1.82) is 0 Å². The van der Waals surface area contributed by atoms with Gasteiger partial charge in [-0.05, 0) is 44.7 Å². The van der Waals surface area contributed by atoms with Crippen LogP contribution in [0.3, 0.4) is 0 Å².